The van der Waals surface area contributed by atoms with Gasteiger partial charge in [-0.25, -0.2) is 0 Å². The Morgan fingerprint density at radius 1 is 0.833 bits per heavy atom. The van der Waals surface area contributed by atoms with Crippen molar-refractivity contribution in [2.24, 2.45) is 5.73 Å². The summed E-state index contributed by atoms with van der Waals surface area (Å²) in [5, 5.41) is 9.57. The topological polar surface area (TPSA) is 46.2 Å². The lowest BCUT2D eigenvalue weighted by Crippen LogP contribution is -2.34. The van der Waals surface area contributed by atoms with Crippen molar-refractivity contribution in [1.29, 1.82) is 0 Å². The number of nitrogens with two attached hydrogens (primary N) is 1. The number of rotatable bonds is 0. The van der Waals surface area contributed by atoms with E-state index in [1.54, 1.807) is 0 Å². The number of hydrogen-bond donors (Lipinski definition) is 2. The molecule has 0 radical (unpaired) electrons. The minimum atomic E-state index is -0.247. The molecule has 0 aromatic heterocycles. The Morgan fingerprint density at radius 3 is 2.00 bits per heavy atom. The van der Waals surface area contributed by atoms with E-state index in [0.29, 0.717) is 0 Å². The lowest BCUT2D eigenvalue weighted by atomic mass is 9.96. The zero-order valence-corrected chi connectivity index (χ0v) is 7.84. The second-order valence-corrected chi connectivity index (χ2v) is 3.93. The summed E-state index contributed by atoms with van der Waals surface area (Å²) in [4.78, 5) is 0. The molecular weight excluding hydrogens is 150 g/mol. The van der Waals surface area contributed by atoms with Gasteiger partial charge in [-0.05, 0) is 12.8 Å². The molecule has 1 fully saturated rings. The van der Waals surface area contributed by atoms with E-state index < -0.39 is 0 Å². The average Bonchev–Trinajstić information content (AvgIpc) is 2.08. The van der Waals surface area contributed by atoms with Crippen LogP contribution in [0.3, 0.4) is 0 Å². The summed E-state index contributed by atoms with van der Waals surface area (Å²) in [6.07, 6.45) is 9.24. The molecule has 2 unspecified atom stereocenters. The Morgan fingerprint density at radius 2 is 1.33 bits per heavy atom. The van der Waals surface area contributed by atoms with Crippen LogP contribution >= 0.6 is 0 Å². The molecule has 2 heteroatoms. The molecule has 0 spiro atoms. The lowest BCUT2D eigenvalue weighted by molar-refractivity contribution is 0.124. The highest BCUT2D eigenvalue weighted by Gasteiger charge is 2.14. The van der Waals surface area contributed by atoms with Crippen LogP contribution in [0.15, 0.2) is 0 Å². The first-order valence-corrected chi connectivity index (χ1v) is 5.24. The van der Waals surface area contributed by atoms with E-state index in [4.69, 9.17) is 5.73 Å². The van der Waals surface area contributed by atoms with Gasteiger partial charge in [0.05, 0.1) is 6.10 Å². The van der Waals surface area contributed by atoms with Crippen LogP contribution in [0, 0.1) is 0 Å². The molecule has 2 atom stereocenters. The van der Waals surface area contributed by atoms with Crippen molar-refractivity contribution in [1.82, 2.24) is 0 Å². The molecule has 0 aliphatic heterocycles. The van der Waals surface area contributed by atoms with Crippen LogP contribution in [0.4, 0.5) is 0 Å². The van der Waals surface area contributed by atoms with Crippen LogP contribution in [-0.2, 0) is 0 Å². The Kier molecular flexibility index (Phi) is 4.62. The molecule has 0 aromatic rings. The molecule has 0 heterocycles. The van der Waals surface area contributed by atoms with Crippen molar-refractivity contribution in [2.45, 2.75) is 63.5 Å². The zero-order chi connectivity index (χ0) is 8.81. The summed E-state index contributed by atoms with van der Waals surface area (Å²) in [5.74, 6) is 0. The summed E-state index contributed by atoms with van der Waals surface area (Å²) < 4.78 is 0. The fourth-order valence-electron chi connectivity index (χ4n) is 1.85. The van der Waals surface area contributed by atoms with Gasteiger partial charge in [-0.1, -0.05) is 38.5 Å². The number of aliphatic hydroxyl groups excluding tert-OH is 1. The van der Waals surface area contributed by atoms with Crippen molar-refractivity contribution >= 4 is 0 Å². The Labute approximate surface area is 75.2 Å². The van der Waals surface area contributed by atoms with Crippen LogP contribution in [0.1, 0.15) is 51.4 Å². The third kappa shape index (κ3) is 3.55. The molecule has 1 rings (SSSR count). The molecule has 0 saturated heterocycles. The summed E-state index contributed by atoms with van der Waals surface area (Å²) in [5.41, 5.74) is 5.82. The largest absolute Gasteiger partial charge is 0.392 e. The van der Waals surface area contributed by atoms with Crippen molar-refractivity contribution in [2.75, 3.05) is 0 Å². The lowest BCUT2D eigenvalue weighted by Gasteiger charge is -2.19. The predicted octanol–water partition coefficient (Wildman–Crippen LogP) is 1.81. The molecule has 1 aliphatic carbocycles. The number of hydrogen-bond acceptors (Lipinski definition) is 2. The number of aliphatic hydroxyl groups is 1. The molecule has 72 valence electrons. The van der Waals surface area contributed by atoms with E-state index in [9.17, 15) is 5.11 Å². The minimum Gasteiger partial charge on any atom is -0.392 e. The maximum absolute atomic E-state index is 9.57. The summed E-state index contributed by atoms with van der Waals surface area (Å²) in [6, 6.07) is 0.0306. The van der Waals surface area contributed by atoms with E-state index in [1.807, 2.05) is 0 Å². The van der Waals surface area contributed by atoms with Crippen LogP contribution < -0.4 is 5.73 Å². The third-order valence-corrected chi connectivity index (χ3v) is 2.78. The van der Waals surface area contributed by atoms with E-state index >= 15 is 0 Å². The molecule has 1 saturated carbocycles. The molecule has 1 aliphatic rings. The molecule has 0 amide bonds. The van der Waals surface area contributed by atoms with E-state index in [0.717, 1.165) is 19.3 Å². The predicted molar refractivity (Wildman–Crippen MR) is 50.9 cm³/mol. The Bertz CT molecular complexity index is 102. The first-order valence-electron chi connectivity index (χ1n) is 5.24. The maximum Gasteiger partial charge on any atom is 0.0691 e. The van der Waals surface area contributed by atoms with Gasteiger partial charge < -0.3 is 10.8 Å². The minimum absolute atomic E-state index is 0.0306. The van der Waals surface area contributed by atoms with Crippen molar-refractivity contribution in [3.05, 3.63) is 0 Å². The second kappa shape index (κ2) is 5.55. The van der Waals surface area contributed by atoms with Gasteiger partial charge >= 0.3 is 0 Å². The summed E-state index contributed by atoms with van der Waals surface area (Å²) in [7, 11) is 0. The molecular formula is C10H21NO. The van der Waals surface area contributed by atoms with Gasteiger partial charge in [0.15, 0.2) is 0 Å². The molecule has 3 N–H and O–H groups in total. The van der Waals surface area contributed by atoms with Crippen LogP contribution in [0.2, 0.25) is 0 Å². The highest BCUT2D eigenvalue weighted by atomic mass is 16.3. The van der Waals surface area contributed by atoms with Crippen molar-refractivity contribution in [3.8, 4) is 0 Å². The zero-order valence-electron chi connectivity index (χ0n) is 7.84. The normalized spacial score (nSPS) is 34.5. The fourth-order valence-corrected chi connectivity index (χ4v) is 1.85. The standard InChI is InChI=1S/C10H21NO/c11-9-7-5-3-1-2-4-6-8-10(9)12/h9-10,12H,1-8,11H2. The maximum atomic E-state index is 9.57. The van der Waals surface area contributed by atoms with Crippen LogP contribution in [0.25, 0.3) is 0 Å². The first-order chi connectivity index (χ1) is 5.80. The summed E-state index contributed by atoms with van der Waals surface area (Å²) >= 11 is 0. The quantitative estimate of drug-likeness (QED) is 0.584. The monoisotopic (exact) mass is 171 g/mol. The highest BCUT2D eigenvalue weighted by Crippen LogP contribution is 2.16. The van der Waals surface area contributed by atoms with Crippen molar-refractivity contribution in [3.63, 3.8) is 0 Å². The second-order valence-electron chi connectivity index (χ2n) is 3.93. The molecule has 2 nitrogen and oxygen atoms in total. The van der Waals surface area contributed by atoms with Gasteiger partial charge in [0.1, 0.15) is 0 Å². The fraction of sp³-hybridized carbons (Fsp3) is 1.00. The molecule has 0 bridgehead atoms. The molecule has 12 heavy (non-hydrogen) atoms. The van der Waals surface area contributed by atoms with Gasteiger partial charge in [0.2, 0.25) is 0 Å². The van der Waals surface area contributed by atoms with Gasteiger partial charge in [0.25, 0.3) is 0 Å². The molecule has 0 aromatic carbocycles. The van der Waals surface area contributed by atoms with Crippen molar-refractivity contribution < 1.29 is 5.11 Å². The Balaban J connectivity index is 2.26. The Hall–Kier alpha value is -0.0800. The van der Waals surface area contributed by atoms with Crippen LogP contribution in [0.5, 0.6) is 0 Å². The SMILES string of the molecule is NC1CCCCCCCCC1O. The van der Waals surface area contributed by atoms with Crippen LogP contribution in [-0.4, -0.2) is 17.3 Å². The van der Waals surface area contributed by atoms with Gasteiger partial charge in [-0.15, -0.1) is 0 Å². The van der Waals surface area contributed by atoms with Gasteiger partial charge in [-0.3, -0.25) is 0 Å². The third-order valence-electron chi connectivity index (χ3n) is 2.78. The van der Waals surface area contributed by atoms with Gasteiger partial charge in [-0.2, -0.15) is 0 Å². The highest BCUT2D eigenvalue weighted by molar-refractivity contribution is 4.72. The van der Waals surface area contributed by atoms with E-state index in [-0.39, 0.29) is 12.1 Å². The van der Waals surface area contributed by atoms with E-state index in [2.05, 4.69) is 0 Å². The summed E-state index contributed by atoms with van der Waals surface area (Å²) in [6.45, 7) is 0. The first kappa shape index (κ1) is 10.0. The average molecular weight is 171 g/mol. The van der Waals surface area contributed by atoms with Gasteiger partial charge in [0, 0.05) is 6.04 Å². The smallest absolute Gasteiger partial charge is 0.0691 e. The van der Waals surface area contributed by atoms with E-state index in [1.165, 1.54) is 32.1 Å².